The number of carboxylic acids is 1. The van der Waals surface area contributed by atoms with Crippen molar-refractivity contribution < 1.29 is 19.1 Å². The molecule has 1 aromatic heterocycles. The first-order valence-electron chi connectivity index (χ1n) is 7.28. The van der Waals surface area contributed by atoms with Gasteiger partial charge in [0.15, 0.2) is 0 Å². The predicted molar refractivity (Wildman–Crippen MR) is 80.0 cm³/mol. The summed E-state index contributed by atoms with van der Waals surface area (Å²) in [4.78, 5) is 23.3. The summed E-state index contributed by atoms with van der Waals surface area (Å²) >= 11 is 0. The lowest BCUT2D eigenvalue weighted by atomic mass is 10.0. The van der Waals surface area contributed by atoms with Gasteiger partial charge in [-0.1, -0.05) is 12.1 Å². The standard InChI is InChI=1S/C17H17NO4/c1-10-15(17(20)21)8-12(22-10)9-18-16(19)14-7-3-5-11-4-2-6-13(11)14/h3,5,7-8H,2,4,6,9H2,1H3,(H,18,19)(H,20,21). The molecule has 0 radical (unpaired) electrons. The second-order valence-electron chi connectivity index (χ2n) is 5.47. The molecule has 0 saturated heterocycles. The summed E-state index contributed by atoms with van der Waals surface area (Å²) in [6.45, 7) is 1.77. The molecule has 0 unspecified atom stereocenters. The molecular formula is C17H17NO4. The van der Waals surface area contributed by atoms with Crippen molar-refractivity contribution in [1.82, 2.24) is 5.32 Å². The fourth-order valence-electron chi connectivity index (χ4n) is 2.94. The molecule has 1 amide bonds. The topological polar surface area (TPSA) is 79.5 Å². The lowest BCUT2D eigenvalue weighted by Gasteiger charge is -2.08. The molecule has 5 heteroatoms. The molecule has 114 valence electrons. The van der Waals surface area contributed by atoms with E-state index in [0.717, 1.165) is 24.8 Å². The van der Waals surface area contributed by atoms with Gasteiger partial charge in [0.2, 0.25) is 0 Å². The van der Waals surface area contributed by atoms with E-state index in [1.807, 2.05) is 12.1 Å². The van der Waals surface area contributed by atoms with Crippen LogP contribution in [0.1, 0.15) is 49.8 Å². The van der Waals surface area contributed by atoms with E-state index in [0.29, 0.717) is 17.1 Å². The number of rotatable bonds is 4. The first kappa shape index (κ1) is 14.4. The van der Waals surface area contributed by atoms with Gasteiger partial charge in [-0.3, -0.25) is 4.79 Å². The molecule has 2 N–H and O–H groups in total. The highest BCUT2D eigenvalue weighted by Gasteiger charge is 2.19. The third-order valence-electron chi connectivity index (χ3n) is 4.01. The minimum absolute atomic E-state index is 0.129. The molecular weight excluding hydrogens is 282 g/mol. The molecule has 3 rings (SSSR count). The summed E-state index contributed by atoms with van der Waals surface area (Å²) in [6, 6.07) is 7.25. The highest BCUT2D eigenvalue weighted by molar-refractivity contribution is 5.96. The van der Waals surface area contributed by atoms with E-state index in [1.165, 1.54) is 11.6 Å². The number of fused-ring (bicyclic) bond motifs is 1. The predicted octanol–water partition coefficient (Wildman–Crippen LogP) is 2.70. The third kappa shape index (κ3) is 2.62. The molecule has 0 bridgehead atoms. The number of nitrogens with one attached hydrogen (secondary N) is 1. The number of carbonyl (C=O) groups excluding carboxylic acids is 1. The van der Waals surface area contributed by atoms with Crippen LogP contribution in [0.4, 0.5) is 0 Å². The van der Waals surface area contributed by atoms with Crippen LogP contribution in [-0.4, -0.2) is 17.0 Å². The van der Waals surface area contributed by atoms with E-state index >= 15 is 0 Å². The van der Waals surface area contributed by atoms with E-state index in [1.54, 1.807) is 6.92 Å². The Morgan fingerprint density at radius 1 is 1.27 bits per heavy atom. The van der Waals surface area contributed by atoms with Crippen LogP contribution in [0.25, 0.3) is 0 Å². The molecule has 5 nitrogen and oxygen atoms in total. The molecule has 0 spiro atoms. The van der Waals surface area contributed by atoms with E-state index in [4.69, 9.17) is 9.52 Å². The number of aryl methyl sites for hydroxylation is 2. The van der Waals surface area contributed by atoms with Crippen molar-refractivity contribution in [2.45, 2.75) is 32.7 Å². The van der Waals surface area contributed by atoms with Crippen LogP contribution in [0.15, 0.2) is 28.7 Å². The maximum atomic E-state index is 12.3. The maximum absolute atomic E-state index is 12.3. The zero-order valence-corrected chi connectivity index (χ0v) is 12.3. The number of hydrogen-bond acceptors (Lipinski definition) is 3. The highest BCUT2D eigenvalue weighted by Crippen LogP contribution is 2.25. The first-order valence-corrected chi connectivity index (χ1v) is 7.28. The van der Waals surface area contributed by atoms with Crippen molar-refractivity contribution >= 4 is 11.9 Å². The second kappa shape index (κ2) is 5.67. The smallest absolute Gasteiger partial charge is 0.339 e. The molecule has 22 heavy (non-hydrogen) atoms. The van der Waals surface area contributed by atoms with Crippen LogP contribution in [0, 0.1) is 6.92 Å². The van der Waals surface area contributed by atoms with E-state index < -0.39 is 5.97 Å². The van der Waals surface area contributed by atoms with E-state index in [2.05, 4.69) is 11.4 Å². The summed E-state index contributed by atoms with van der Waals surface area (Å²) in [7, 11) is 0. The van der Waals surface area contributed by atoms with Gasteiger partial charge in [-0.05, 0) is 49.4 Å². The monoisotopic (exact) mass is 299 g/mol. The van der Waals surface area contributed by atoms with Gasteiger partial charge in [-0.25, -0.2) is 4.79 Å². The first-order chi connectivity index (χ1) is 10.6. The van der Waals surface area contributed by atoms with Gasteiger partial charge in [0.05, 0.1) is 6.54 Å². The summed E-state index contributed by atoms with van der Waals surface area (Å²) in [6.07, 6.45) is 3.04. The Morgan fingerprint density at radius 3 is 2.82 bits per heavy atom. The van der Waals surface area contributed by atoms with Gasteiger partial charge in [-0.2, -0.15) is 0 Å². The maximum Gasteiger partial charge on any atom is 0.339 e. The average molecular weight is 299 g/mol. The largest absolute Gasteiger partial charge is 0.478 e. The molecule has 0 saturated carbocycles. The van der Waals surface area contributed by atoms with Crippen LogP contribution >= 0.6 is 0 Å². The Morgan fingerprint density at radius 2 is 2.09 bits per heavy atom. The molecule has 2 aromatic rings. The van der Waals surface area contributed by atoms with Crippen LogP contribution in [0.3, 0.4) is 0 Å². The van der Waals surface area contributed by atoms with Gasteiger partial charge in [0, 0.05) is 5.56 Å². The zero-order chi connectivity index (χ0) is 15.7. The van der Waals surface area contributed by atoms with Crippen molar-refractivity contribution in [3.8, 4) is 0 Å². The lowest BCUT2D eigenvalue weighted by Crippen LogP contribution is -2.23. The van der Waals surface area contributed by atoms with Crippen molar-refractivity contribution in [2.24, 2.45) is 0 Å². The van der Waals surface area contributed by atoms with Crippen LogP contribution in [0.2, 0.25) is 0 Å². The normalized spacial score (nSPS) is 13.0. The Kier molecular flexibility index (Phi) is 3.71. The van der Waals surface area contributed by atoms with Crippen LogP contribution in [0.5, 0.6) is 0 Å². The quantitative estimate of drug-likeness (QED) is 0.909. The average Bonchev–Trinajstić information content (AvgIpc) is 3.10. The number of hydrogen-bond donors (Lipinski definition) is 2. The minimum atomic E-state index is -1.03. The molecule has 0 atom stereocenters. The molecule has 0 aliphatic heterocycles. The summed E-state index contributed by atoms with van der Waals surface area (Å²) < 4.78 is 5.36. The Bertz CT molecular complexity index is 745. The van der Waals surface area contributed by atoms with Gasteiger partial charge >= 0.3 is 5.97 Å². The molecule has 1 aromatic carbocycles. The lowest BCUT2D eigenvalue weighted by molar-refractivity contribution is 0.0694. The fraction of sp³-hybridized carbons (Fsp3) is 0.294. The molecule has 0 fully saturated rings. The number of carbonyl (C=O) groups is 2. The zero-order valence-electron chi connectivity index (χ0n) is 12.3. The number of benzene rings is 1. The summed E-state index contributed by atoms with van der Waals surface area (Å²) in [5.41, 5.74) is 3.21. The number of aromatic carboxylic acids is 1. The van der Waals surface area contributed by atoms with Gasteiger partial charge in [0.1, 0.15) is 17.1 Å². The number of furan rings is 1. The van der Waals surface area contributed by atoms with Crippen molar-refractivity contribution in [1.29, 1.82) is 0 Å². The molecule has 1 heterocycles. The molecule has 1 aliphatic carbocycles. The van der Waals surface area contributed by atoms with Crippen molar-refractivity contribution in [3.63, 3.8) is 0 Å². The Balaban J connectivity index is 1.72. The second-order valence-corrected chi connectivity index (χ2v) is 5.47. The number of amides is 1. The van der Waals surface area contributed by atoms with Gasteiger partial charge < -0.3 is 14.8 Å². The summed E-state index contributed by atoms with van der Waals surface area (Å²) in [5.74, 6) is -0.391. The summed E-state index contributed by atoms with van der Waals surface area (Å²) in [5, 5.41) is 11.8. The Labute approximate surface area is 127 Å². The van der Waals surface area contributed by atoms with Gasteiger partial charge in [0.25, 0.3) is 5.91 Å². The van der Waals surface area contributed by atoms with Crippen molar-refractivity contribution in [3.05, 3.63) is 58.0 Å². The fourth-order valence-corrected chi connectivity index (χ4v) is 2.94. The van der Waals surface area contributed by atoms with Gasteiger partial charge in [-0.15, -0.1) is 0 Å². The Hall–Kier alpha value is -2.56. The highest BCUT2D eigenvalue weighted by atomic mass is 16.4. The van der Waals surface area contributed by atoms with E-state index in [-0.39, 0.29) is 18.0 Å². The van der Waals surface area contributed by atoms with Crippen LogP contribution in [-0.2, 0) is 19.4 Å². The van der Waals surface area contributed by atoms with Crippen LogP contribution < -0.4 is 5.32 Å². The van der Waals surface area contributed by atoms with Crippen molar-refractivity contribution in [2.75, 3.05) is 0 Å². The number of carboxylic acid groups (broad SMARTS) is 1. The SMILES string of the molecule is Cc1oc(CNC(=O)c2cccc3c2CCC3)cc1C(=O)O. The molecule has 1 aliphatic rings. The third-order valence-corrected chi connectivity index (χ3v) is 4.01. The van der Waals surface area contributed by atoms with E-state index in [9.17, 15) is 9.59 Å². The minimum Gasteiger partial charge on any atom is -0.478 e.